The van der Waals surface area contributed by atoms with Crippen molar-refractivity contribution in [2.45, 2.75) is 0 Å². The Kier molecular flexibility index (Phi) is 5.40. The van der Waals surface area contributed by atoms with E-state index in [-0.39, 0.29) is 0 Å². The van der Waals surface area contributed by atoms with Crippen LogP contribution in [0.4, 0.5) is 17.1 Å². The summed E-state index contributed by atoms with van der Waals surface area (Å²) >= 11 is 1.85. The molecule has 0 spiro atoms. The molecule has 0 aliphatic heterocycles. The average molecular weight is 568 g/mol. The Hall–Kier alpha value is -5.38. The molecule has 3 heteroatoms. The fourth-order valence-electron chi connectivity index (χ4n) is 6.44. The van der Waals surface area contributed by atoms with Crippen molar-refractivity contribution in [3.63, 3.8) is 0 Å². The minimum absolute atomic E-state index is 0.914. The summed E-state index contributed by atoms with van der Waals surface area (Å²) in [7, 11) is 0. The van der Waals surface area contributed by atoms with E-state index in [0.29, 0.717) is 0 Å². The van der Waals surface area contributed by atoms with E-state index in [1.807, 2.05) is 23.5 Å². The Morgan fingerprint density at radius 2 is 1.14 bits per heavy atom. The highest BCUT2D eigenvalue weighted by Gasteiger charge is 2.20. The first-order chi connectivity index (χ1) is 21.3. The molecule has 0 bridgehead atoms. The molecule has 0 radical (unpaired) electrons. The number of hydrogen-bond acceptors (Lipinski definition) is 3. The quantitative estimate of drug-likeness (QED) is 0.210. The zero-order valence-corrected chi connectivity index (χ0v) is 24.0. The monoisotopic (exact) mass is 567 g/mol. The van der Waals surface area contributed by atoms with Gasteiger partial charge in [-0.3, -0.25) is 0 Å². The van der Waals surface area contributed by atoms with E-state index in [1.165, 1.54) is 31.3 Å². The average Bonchev–Trinajstić information content (AvgIpc) is 3.64. The summed E-state index contributed by atoms with van der Waals surface area (Å²) in [6.45, 7) is 0. The van der Waals surface area contributed by atoms with Gasteiger partial charge in [-0.15, -0.1) is 11.3 Å². The maximum Gasteiger partial charge on any atom is 0.143 e. The summed E-state index contributed by atoms with van der Waals surface area (Å²) in [5, 5.41) is 7.16. The first-order valence-corrected chi connectivity index (χ1v) is 15.3. The molecule has 2 aromatic heterocycles. The number of fused-ring (bicyclic) bond motifs is 8. The van der Waals surface area contributed by atoms with Crippen LogP contribution in [0.25, 0.3) is 64.0 Å². The molecule has 0 atom stereocenters. The Morgan fingerprint density at radius 1 is 0.465 bits per heavy atom. The summed E-state index contributed by atoms with van der Waals surface area (Å²) in [5.74, 6) is 0. The minimum Gasteiger partial charge on any atom is -0.455 e. The Morgan fingerprint density at radius 3 is 2.07 bits per heavy atom. The number of benzene rings is 7. The molecule has 0 fully saturated rings. The number of furan rings is 1. The molecule has 7 aromatic carbocycles. The van der Waals surface area contributed by atoms with Gasteiger partial charge in [0.05, 0.1) is 5.69 Å². The molecule has 9 aromatic rings. The molecule has 43 heavy (non-hydrogen) atoms. The van der Waals surface area contributed by atoms with Gasteiger partial charge in [-0.1, -0.05) is 103 Å². The van der Waals surface area contributed by atoms with Gasteiger partial charge in [-0.2, -0.15) is 0 Å². The van der Waals surface area contributed by atoms with Gasteiger partial charge in [-0.05, 0) is 59.5 Å². The second-order valence-electron chi connectivity index (χ2n) is 10.9. The highest BCUT2D eigenvalue weighted by Crippen LogP contribution is 2.45. The van der Waals surface area contributed by atoms with Gasteiger partial charge in [0, 0.05) is 53.3 Å². The lowest BCUT2D eigenvalue weighted by atomic mass is 10.0. The van der Waals surface area contributed by atoms with Gasteiger partial charge in [0.2, 0.25) is 0 Å². The van der Waals surface area contributed by atoms with E-state index in [2.05, 4.69) is 144 Å². The largest absolute Gasteiger partial charge is 0.455 e. The molecular weight excluding hydrogens is 543 g/mol. The van der Waals surface area contributed by atoms with E-state index >= 15 is 0 Å². The van der Waals surface area contributed by atoms with Crippen LogP contribution in [0.15, 0.2) is 156 Å². The normalized spacial score (nSPS) is 11.7. The number of thiophene rings is 1. The molecule has 0 aliphatic rings. The Labute approximate surface area is 252 Å². The van der Waals surface area contributed by atoms with Crippen LogP contribution < -0.4 is 4.90 Å². The number of anilines is 3. The molecule has 0 saturated carbocycles. The molecule has 0 saturated heterocycles. The van der Waals surface area contributed by atoms with Crippen molar-refractivity contribution in [2.75, 3.05) is 4.90 Å². The number of nitrogens with zero attached hydrogens (tertiary/aromatic N) is 1. The van der Waals surface area contributed by atoms with Crippen molar-refractivity contribution < 1.29 is 4.42 Å². The third-order valence-corrected chi connectivity index (χ3v) is 9.59. The standard InChI is InChI=1S/C40H25NOS/c1-2-10-26(11-3-1)30-12-4-7-15-36(30)41(29-21-23-33-32-14-6-9-17-38(32)43-39(33)25-29)28-20-18-27-19-22-34-31-13-5-8-16-37(31)42-40(34)35(27)24-28/h1-25H. The Balaban J connectivity index is 1.32. The predicted octanol–water partition coefficient (Wildman–Crippen LogP) is 12.2. The topological polar surface area (TPSA) is 16.4 Å². The number of rotatable bonds is 4. The van der Waals surface area contributed by atoms with Crippen LogP contribution in [0.3, 0.4) is 0 Å². The molecule has 9 rings (SSSR count). The van der Waals surface area contributed by atoms with Crippen molar-refractivity contribution >= 4 is 81.3 Å². The highest BCUT2D eigenvalue weighted by atomic mass is 32.1. The van der Waals surface area contributed by atoms with Crippen LogP contribution in [0.1, 0.15) is 0 Å². The van der Waals surface area contributed by atoms with Gasteiger partial charge >= 0.3 is 0 Å². The minimum atomic E-state index is 0.914. The first-order valence-electron chi connectivity index (χ1n) is 14.5. The molecule has 2 heterocycles. The highest BCUT2D eigenvalue weighted by molar-refractivity contribution is 7.25. The summed E-state index contributed by atoms with van der Waals surface area (Å²) in [5.41, 5.74) is 7.55. The summed E-state index contributed by atoms with van der Waals surface area (Å²) in [6, 6.07) is 54.3. The van der Waals surface area contributed by atoms with Crippen LogP contribution in [0.2, 0.25) is 0 Å². The van der Waals surface area contributed by atoms with Crippen LogP contribution in [0, 0.1) is 0 Å². The van der Waals surface area contributed by atoms with Crippen LogP contribution in [0.5, 0.6) is 0 Å². The van der Waals surface area contributed by atoms with Gasteiger partial charge in [0.15, 0.2) is 0 Å². The maximum atomic E-state index is 6.48. The second kappa shape index (κ2) is 9.59. The second-order valence-corrected chi connectivity index (χ2v) is 12.0. The van der Waals surface area contributed by atoms with Crippen LogP contribution in [-0.2, 0) is 0 Å². The van der Waals surface area contributed by atoms with E-state index in [9.17, 15) is 0 Å². The van der Waals surface area contributed by atoms with Crippen molar-refractivity contribution in [3.8, 4) is 11.1 Å². The lowest BCUT2D eigenvalue weighted by Gasteiger charge is -2.28. The molecule has 0 amide bonds. The van der Waals surface area contributed by atoms with Crippen LogP contribution >= 0.6 is 11.3 Å². The lowest BCUT2D eigenvalue weighted by Crippen LogP contribution is -2.11. The zero-order chi connectivity index (χ0) is 28.3. The Bertz CT molecular complexity index is 2470. The lowest BCUT2D eigenvalue weighted by molar-refractivity contribution is 0.672. The third-order valence-electron chi connectivity index (χ3n) is 8.45. The molecule has 0 N–H and O–H groups in total. The first kappa shape index (κ1) is 24.2. The number of hydrogen-bond donors (Lipinski definition) is 0. The fourth-order valence-corrected chi connectivity index (χ4v) is 7.58. The van der Waals surface area contributed by atoms with E-state index in [4.69, 9.17) is 4.42 Å². The molecule has 0 unspecified atom stereocenters. The smallest absolute Gasteiger partial charge is 0.143 e. The summed E-state index contributed by atoms with van der Waals surface area (Å²) in [6.07, 6.45) is 0. The molecular formula is C40H25NOS. The fraction of sp³-hybridized carbons (Fsp3) is 0. The van der Waals surface area contributed by atoms with Crippen molar-refractivity contribution in [2.24, 2.45) is 0 Å². The molecule has 202 valence electrons. The third kappa shape index (κ3) is 3.86. The van der Waals surface area contributed by atoms with Gasteiger partial charge in [0.1, 0.15) is 11.2 Å². The van der Waals surface area contributed by atoms with Gasteiger partial charge in [-0.25, -0.2) is 0 Å². The van der Waals surface area contributed by atoms with Crippen molar-refractivity contribution in [1.82, 2.24) is 0 Å². The van der Waals surface area contributed by atoms with E-state index in [0.717, 1.165) is 49.8 Å². The zero-order valence-electron chi connectivity index (χ0n) is 23.2. The van der Waals surface area contributed by atoms with Crippen LogP contribution in [-0.4, -0.2) is 0 Å². The van der Waals surface area contributed by atoms with Gasteiger partial charge in [0.25, 0.3) is 0 Å². The molecule has 2 nitrogen and oxygen atoms in total. The summed E-state index contributed by atoms with van der Waals surface area (Å²) < 4.78 is 9.07. The van der Waals surface area contributed by atoms with E-state index in [1.54, 1.807) is 0 Å². The summed E-state index contributed by atoms with van der Waals surface area (Å²) in [4.78, 5) is 2.40. The SMILES string of the molecule is c1ccc(-c2ccccc2N(c2ccc3c(c2)sc2ccccc23)c2ccc3ccc4c5ccccc5oc4c3c2)cc1. The van der Waals surface area contributed by atoms with Crippen molar-refractivity contribution in [1.29, 1.82) is 0 Å². The number of para-hydroxylation sites is 2. The predicted molar refractivity (Wildman–Crippen MR) is 184 cm³/mol. The van der Waals surface area contributed by atoms with Crippen molar-refractivity contribution in [3.05, 3.63) is 152 Å². The van der Waals surface area contributed by atoms with Gasteiger partial charge < -0.3 is 9.32 Å². The maximum absolute atomic E-state index is 6.48. The van der Waals surface area contributed by atoms with E-state index < -0.39 is 0 Å². The molecule has 0 aliphatic carbocycles.